The van der Waals surface area contributed by atoms with Gasteiger partial charge in [-0.15, -0.1) is 0 Å². The Hall–Kier alpha value is -1.54. The van der Waals surface area contributed by atoms with Crippen LogP contribution in [0.1, 0.15) is 116 Å². The standard InChI is InChI=1S/C34H54O7/c1-3-4-20-34(21-13-22-34)30(41-33-17-10-12-24-39-33)19-18-27-26(14-7-5-6-8-15-31(36)37-2)28(35)25-29(27)40-32-16-9-11-23-38-32/h8,15,18-19,26-27,29-30,32-33H,3-7,9-14,16-17,20-25H2,1-2H3/b15-8+,19-18+/t26-,27-,29-,30-,32?,33?/m1/s1. The van der Waals surface area contributed by atoms with Crippen molar-refractivity contribution in [1.82, 2.24) is 0 Å². The van der Waals surface area contributed by atoms with Gasteiger partial charge in [-0.3, -0.25) is 4.79 Å². The van der Waals surface area contributed by atoms with Crippen molar-refractivity contribution in [3.8, 4) is 0 Å². The SMILES string of the molecule is CCCCC1([C@@H](/C=C/[C@H]2[C@H](OC3CCCCO3)CC(=O)[C@@H]2CCCC/C=C/C(=O)OC)OC2CCCCO2)CCC1. The molecule has 0 aromatic rings. The molecule has 2 unspecified atom stereocenters. The third-order valence-corrected chi connectivity index (χ3v) is 9.69. The maximum Gasteiger partial charge on any atom is 0.330 e. The molecule has 232 valence electrons. The summed E-state index contributed by atoms with van der Waals surface area (Å²) in [7, 11) is 1.39. The molecule has 4 rings (SSSR count). The minimum Gasteiger partial charge on any atom is -0.466 e. The molecule has 4 aliphatic rings. The molecule has 0 aromatic heterocycles. The third kappa shape index (κ3) is 9.47. The number of ketones is 1. The summed E-state index contributed by atoms with van der Waals surface area (Å²) in [5, 5.41) is 0. The van der Waals surface area contributed by atoms with Gasteiger partial charge in [0.1, 0.15) is 5.78 Å². The fraction of sp³-hybridized carbons (Fsp3) is 0.824. The lowest BCUT2D eigenvalue weighted by Gasteiger charge is -2.48. The van der Waals surface area contributed by atoms with Gasteiger partial charge < -0.3 is 23.7 Å². The predicted molar refractivity (Wildman–Crippen MR) is 158 cm³/mol. The summed E-state index contributed by atoms with van der Waals surface area (Å²) in [4.78, 5) is 24.7. The Morgan fingerprint density at radius 3 is 2.41 bits per heavy atom. The number of Topliss-reactive ketones (excluding diaryl/α,β-unsaturated/α-hetero) is 1. The summed E-state index contributed by atoms with van der Waals surface area (Å²) in [5.41, 5.74) is 0.167. The summed E-state index contributed by atoms with van der Waals surface area (Å²) >= 11 is 0. The molecule has 0 bridgehead atoms. The molecule has 41 heavy (non-hydrogen) atoms. The first kappa shape index (κ1) is 32.4. The summed E-state index contributed by atoms with van der Waals surface area (Å²) in [5.74, 6) is -0.0862. The van der Waals surface area contributed by atoms with E-state index in [-0.39, 0.29) is 48.0 Å². The second kappa shape index (κ2) is 16.9. The van der Waals surface area contributed by atoms with E-state index < -0.39 is 0 Å². The molecule has 0 aromatic carbocycles. The molecule has 7 nitrogen and oxygen atoms in total. The van der Waals surface area contributed by atoms with Gasteiger partial charge in [0.05, 0.1) is 19.3 Å². The van der Waals surface area contributed by atoms with Crippen LogP contribution in [0.5, 0.6) is 0 Å². The topological polar surface area (TPSA) is 80.3 Å². The van der Waals surface area contributed by atoms with Crippen molar-refractivity contribution in [1.29, 1.82) is 0 Å². The number of ether oxygens (including phenoxy) is 5. The second-order valence-corrected chi connectivity index (χ2v) is 12.6. The molecule has 2 saturated heterocycles. The Balaban J connectivity index is 1.47. The molecule has 0 amide bonds. The first-order chi connectivity index (χ1) is 20.0. The fourth-order valence-corrected chi connectivity index (χ4v) is 7.04. The first-order valence-electron chi connectivity index (χ1n) is 16.5. The van der Waals surface area contributed by atoms with Crippen LogP contribution in [0.4, 0.5) is 0 Å². The van der Waals surface area contributed by atoms with Gasteiger partial charge in [0, 0.05) is 43.0 Å². The number of hydrogen-bond acceptors (Lipinski definition) is 7. The monoisotopic (exact) mass is 574 g/mol. The lowest BCUT2D eigenvalue weighted by atomic mass is 9.62. The van der Waals surface area contributed by atoms with E-state index in [1.54, 1.807) is 0 Å². The molecule has 4 fully saturated rings. The van der Waals surface area contributed by atoms with Crippen molar-refractivity contribution in [3.63, 3.8) is 0 Å². The van der Waals surface area contributed by atoms with Gasteiger partial charge in [-0.2, -0.15) is 0 Å². The Morgan fingerprint density at radius 1 is 1.02 bits per heavy atom. The highest BCUT2D eigenvalue weighted by atomic mass is 16.7. The van der Waals surface area contributed by atoms with Crippen LogP contribution in [0.15, 0.2) is 24.3 Å². The fourth-order valence-electron chi connectivity index (χ4n) is 7.04. The molecule has 2 aliphatic carbocycles. The van der Waals surface area contributed by atoms with Crippen molar-refractivity contribution >= 4 is 11.8 Å². The average molecular weight is 575 g/mol. The second-order valence-electron chi connectivity index (χ2n) is 12.6. The van der Waals surface area contributed by atoms with E-state index in [0.717, 1.165) is 77.4 Å². The Morgan fingerprint density at radius 2 is 1.78 bits per heavy atom. The van der Waals surface area contributed by atoms with Crippen molar-refractivity contribution in [2.45, 2.75) is 141 Å². The number of methoxy groups -OCH3 is 1. The summed E-state index contributed by atoms with van der Waals surface area (Å²) in [6.07, 6.45) is 24.8. The van der Waals surface area contributed by atoms with Crippen LogP contribution in [-0.2, 0) is 33.3 Å². The first-order valence-corrected chi connectivity index (χ1v) is 16.5. The molecule has 0 spiro atoms. The van der Waals surface area contributed by atoms with Crippen LogP contribution in [-0.4, -0.2) is 56.9 Å². The van der Waals surface area contributed by atoms with Gasteiger partial charge in [0.2, 0.25) is 0 Å². The average Bonchev–Trinajstić information content (AvgIpc) is 3.26. The van der Waals surface area contributed by atoms with E-state index >= 15 is 0 Å². The number of rotatable bonds is 16. The van der Waals surface area contributed by atoms with Crippen LogP contribution in [0, 0.1) is 17.3 Å². The minimum atomic E-state index is -0.329. The Bertz CT molecular complexity index is 851. The quantitative estimate of drug-likeness (QED) is 0.0833. The van der Waals surface area contributed by atoms with Crippen LogP contribution >= 0.6 is 0 Å². The van der Waals surface area contributed by atoms with E-state index in [9.17, 15) is 9.59 Å². The number of unbranched alkanes of at least 4 members (excludes halogenated alkanes) is 3. The van der Waals surface area contributed by atoms with E-state index in [0.29, 0.717) is 12.2 Å². The molecule has 2 heterocycles. The zero-order chi connectivity index (χ0) is 28.9. The van der Waals surface area contributed by atoms with E-state index in [1.807, 2.05) is 6.08 Å². The predicted octanol–water partition coefficient (Wildman–Crippen LogP) is 7.22. The molecule has 2 saturated carbocycles. The van der Waals surface area contributed by atoms with Crippen LogP contribution in [0.3, 0.4) is 0 Å². The Kier molecular flexibility index (Phi) is 13.4. The van der Waals surface area contributed by atoms with E-state index in [1.165, 1.54) is 51.7 Å². The van der Waals surface area contributed by atoms with Crippen molar-refractivity contribution in [3.05, 3.63) is 24.3 Å². The molecule has 7 heteroatoms. The van der Waals surface area contributed by atoms with Crippen LogP contribution in [0.2, 0.25) is 0 Å². The van der Waals surface area contributed by atoms with Gasteiger partial charge in [0.15, 0.2) is 12.6 Å². The summed E-state index contributed by atoms with van der Waals surface area (Å²) in [6.45, 7) is 3.76. The largest absolute Gasteiger partial charge is 0.466 e. The van der Waals surface area contributed by atoms with Gasteiger partial charge in [0.25, 0.3) is 0 Å². The summed E-state index contributed by atoms with van der Waals surface area (Å²) < 4.78 is 29.9. The maximum atomic E-state index is 13.4. The molecular formula is C34H54O7. The molecule has 0 N–H and O–H groups in total. The highest BCUT2D eigenvalue weighted by molar-refractivity contribution is 5.84. The normalized spacial score (nSPS) is 31.0. The smallest absolute Gasteiger partial charge is 0.330 e. The van der Waals surface area contributed by atoms with E-state index in [2.05, 4.69) is 23.8 Å². The third-order valence-electron chi connectivity index (χ3n) is 9.69. The zero-order valence-corrected chi connectivity index (χ0v) is 25.6. The van der Waals surface area contributed by atoms with Crippen molar-refractivity contribution in [2.75, 3.05) is 20.3 Å². The van der Waals surface area contributed by atoms with E-state index in [4.69, 9.17) is 18.9 Å². The number of carbonyl (C=O) groups is 2. The van der Waals surface area contributed by atoms with Gasteiger partial charge in [-0.05, 0) is 77.0 Å². The van der Waals surface area contributed by atoms with Crippen LogP contribution in [0.25, 0.3) is 0 Å². The molecule has 2 aliphatic heterocycles. The zero-order valence-electron chi connectivity index (χ0n) is 25.6. The van der Waals surface area contributed by atoms with Gasteiger partial charge >= 0.3 is 5.97 Å². The maximum absolute atomic E-state index is 13.4. The number of esters is 1. The van der Waals surface area contributed by atoms with Gasteiger partial charge in [-0.25, -0.2) is 4.79 Å². The number of allylic oxidation sites excluding steroid dienone is 1. The van der Waals surface area contributed by atoms with Gasteiger partial charge in [-0.1, -0.05) is 50.8 Å². The van der Waals surface area contributed by atoms with Crippen molar-refractivity contribution < 1.29 is 33.3 Å². The van der Waals surface area contributed by atoms with Crippen LogP contribution < -0.4 is 0 Å². The summed E-state index contributed by atoms with van der Waals surface area (Å²) in [6, 6.07) is 0. The number of carbonyl (C=O) groups excluding carboxylic acids is 2. The lowest BCUT2D eigenvalue weighted by Crippen LogP contribution is -2.44. The Labute approximate surface area is 247 Å². The van der Waals surface area contributed by atoms with Crippen molar-refractivity contribution in [2.24, 2.45) is 17.3 Å². The molecular weight excluding hydrogens is 520 g/mol. The molecule has 0 radical (unpaired) electrons. The molecule has 6 atom stereocenters. The highest BCUT2D eigenvalue weighted by Crippen LogP contribution is 2.50. The highest BCUT2D eigenvalue weighted by Gasteiger charge is 2.46. The number of hydrogen-bond donors (Lipinski definition) is 0. The lowest BCUT2D eigenvalue weighted by molar-refractivity contribution is -0.211. The minimum absolute atomic E-state index is 0.00251.